The molecule has 22 heavy (non-hydrogen) atoms. The molecule has 0 saturated carbocycles. The zero-order valence-corrected chi connectivity index (χ0v) is 14.3. The van der Waals surface area contributed by atoms with Gasteiger partial charge in [-0.05, 0) is 43.9 Å². The van der Waals surface area contributed by atoms with Crippen LogP contribution < -0.4 is 15.8 Å². The molecule has 3 N–H and O–H groups in total. The number of carbonyl (C=O) groups is 1. The van der Waals surface area contributed by atoms with E-state index < -0.39 is 0 Å². The van der Waals surface area contributed by atoms with Crippen LogP contribution in [0.15, 0.2) is 12.1 Å². The fourth-order valence-electron chi connectivity index (χ4n) is 3.10. The topological polar surface area (TPSA) is 64.3 Å². The number of rotatable bonds is 4. The van der Waals surface area contributed by atoms with E-state index in [0.717, 1.165) is 41.7 Å². The summed E-state index contributed by atoms with van der Waals surface area (Å²) < 4.78 is 6.29. The zero-order chi connectivity index (χ0) is 16.5. The van der Waals surface area contributed by atoms with Crippen molar-refractivity contribution in [2.24, 2.45) is 5.73 Å². The summed E-state index contributed by atoms with van der Waals surface area (Å²) >= 11 is 0. The van der Waals surface area contributed by atoms with Crippen LogP contribution in [0.3, 0.4) is 0 Å². The molecule has 3 atom stereocenters. The van der Waals surface area contributed by atoms with Crippen molar-refractivity contribution < 1.29 is 9.53 Å². The minimum Gasteiger partial charge on any atom is -0.487 e. The van der Waals surface area contributed by atoms with E-state index in [4.69, 9.17) is 10.5 Å². The molecule has 0 saturated heterocycles. The van der Waals surface area contributed by atoms with E-state index in [-0.39, 0.29) is 23.6 Å². The first-order valence-electron chi connectivity index (χ1n) is 8.15. The third kappa shape index (κ3) is 3.27. The van der Waals surface area contributed by atoms with Gasteiger partial charge in [-0.25, -0.2) is 0 Å². The third-order valence-electron chi connectivity index (χ3n) is 4.68. The van der Waals surface area contributed by atoms with Crippen molar-refractivity contribution >= 4 is 5.91 Å². The van der Waals surface area contributed by atoms with E-state index in [1.807, 2.05) is 0 Å². The minimum atomic E-state index is -0.251. The van der Waals surface area contributed by atoms with Gasteiger partial charge in [-0.2, -0.15) is 0 Å². The predicted molar refractivity (Wildman–Crippen MR) is 88.9 cm³/mol. The lowest BCUT2D eigenvalue weighted by Crippen LogP contribution is -2.42. The SMILES string of the molecule is CCC(N)c1cc(C)c2c(c1)C(NC(C)=O)CC(C)(CC)O2. The molecule has 0 spiro atoms. The predicted octanol–water partition coefficient (Wildman–Crippen LogP) is 3.53. The van der Waals surface area contributed by atoms with Gasteiger partial charge in [0, 0.05) is 24.9 Å². The lowest BCUT2D eigenvalue weighted by Gasteiger charge is -2.40. The molecule has 1 aromatic rings. The average molecular weight is 304 g/mol. The summed E-state index contributed by atoms with van der Waals surface area (Å²) in [6, 6.07) is 4.21. The molecule has 1 aliphatic rings. The molecule has 1 aromatic carbocycles. The van der Waals surface area contributed by atoms with Crippen molar-refractivity contribution in [2.45, 2.75) is 71.6 Å². The third-order valence-corrected chi connectivity index (χ3v) is 4.68. The summed E-state index contributed by atoms with van der Waals surface area (Å²) in [5.74, 6) is 0.889. The van der Waals surface area contributed by atoms with Gasteiger partial charge in [0.05, 0.1) is 6.04 Å². The summed E-state index contributed by atoms with van der Waals surface area (Å²) in [6.45, 7) is 9.92. The number of hydrogen-bond donors (Lipinski definition) is 2. The minimum absolute atomic E-state index is 0.0147. The van der Waals surface area contributed by atoms with Gasteiger partial charge in [0.2, 0.25) is 5.91 Å². The Bertz CT molecular complexity index is 570. The second-order valence-corrected chi connectivity index (χ2v) is 6.63. The van der Waals surface area contributed by atoms with E-state index in [2.05, 4.69) is 45.1 Å². The van der Waals surface area contributed by atoms with Crippen LogP contribution in [0, 0.1) is 6.92 Å². The van der Waals surface area contributed by atoms with Crippen LogP contribution >= 0.6 is 0 Å². The van der Waals surface area contributed by atoms with Gasteiger partial charge in [-0.15, -0.1) is 0 Å². The first-order valence-corrected chi connectivity index (χ1v) is 8.15. The molecular formula is C18H28N2O2. The molecule has 0 aliphatic carbocycles. The molecule has 1 amide bonds. The molecule has 2 rings (SSSR count). The summed E-state index contributed by atoms with van der Waals surface area (Å²) in [5.41, 5.74) is 9.20. The number of ether oxygens (including phenoxy) is 1. The largest absolute Gasteiger partial charge is 0.487 e. The Balaban J connectivity index is 2.52. The van der Waals surface area contributed by atoms with Crippen molar-refractivity contribution in [1.82, 2.24) is 5.32 Å². The highest BCUT2D eigenvalue weighted by Gasteiger charge is 2.37. The molecule has 4 heteroatoms. The van der Waals surface area contributed by atoms with Crippen LogP contribution in [0.4, 0.5) is 0 Å². The van der Waals surface area contributed by atoms with Crippen LogP contribution in [0.1, 0.15) is 75.7 Å². The molecule has 3 unspecified atom stereocenters. The summed E-state index contributed by atoms with van der Waals surface area (Å²) in [5, 5.41) is 3.08. The van der Waals surface area contributed by atoms with Crippen molar-refractivity contribution in [3.8, 4) is 5.75 Å². The molecular weight excluding hydrogens is 276 g/mol. The van der Waals surface area contributed by atoms with E-state index in [9.17, 15) is 4.79 Å². The second kappa shape index (κ2) is 6.29. The van der Waals surface area contributed by atoms with E-state index >= 15 is 0 Å². The van der Waals surface area contributed by atoms with Gasteiger partial charge < -0.3 is 15.8 Å². The van der Waals surface area contributed by atoms with Crippen LogP contribution in [0.5, 0.6) is 5.75 Å². The maximum Gasteiger partial charge on any atom is 0.217 e. The Morgan fingerprint density at radius 2 is 2.18 bits per heavy atom. The van der Waals surface area contributed by atoms with Gasteiger partial charge in [-0.1, -0.05) is 19.9 Å². The lowest BCUT2D eigenvalue weighted by atomic mass is 9.84. The number of carbonyl (C=O) groups excluding carboxylic acids is 1. The molecule has 0 bridgehead atoms. The number of aryl methyl sites for hydroxylation is 1. The highest BCUT2D eigenvalue weighted by Crippen LogP contribution is 2.44. The average Bonchev–Trinajstić information content (AvgIpc) is 2.46. The highest BCUT2D eigenvalue weighted by atomic mass is 16.5. The number of amides is 1. The van der Waals surface area contributed by atoms with E-state index in [1.165, 1.54) is 0 Å². The Hall–Kier alpha value is -1.55. The molecule has 4 nitrogen and oxygen atoms in total. The molecule has 1 heterocycles. The number of hydrogen-bond acceptors (Lipinski definition) is 3. The number of benzene rings is 1. The van der Waals surface area contributed by atoms with Crippen molar-refractivity contribution in [1.29, 1.82) is 0 Å². The van der Waals surface area contributed by atoms with Crippen molar-refractivity contribution in [3.05, 3.63) is 28.8 Å². The molecule has 0 aromatic heterocycles. The smallest absolute Gasteiger partial charge is 0.217 e. The molecule has 1 aliphatic heterocycles. The quantitative estimate of drug-likeness (QED) is 0.894. The fourth-order valence-corrected chi connectivity index (χ4v) is 3.10. The maximum atomic E-state index is 11.6. The fraction of sp³-hybridized carbons (Fsp3) is 0.611. The van der Waals surface area contributed by atoms with Crippen molar-refractivity contribution in [3.63, 3.8) is 0 Å². The first-order chi connectivity index (χ1) is 10.3. The van der Waals surface area contributed by atoms with Crippen LogP contribution in [-0.4, -0.2) is 11.5 Å². The Morgan fingerprint density at radius 1 is 1.50 bits per heavy atom. The zero-order valence-electron chi connectivity index (χ0n) is 14.3. The van der Waals surface area contributed by atoms with Gasteiger partial charge in [0.25, 0.3) is 0 Å². The number of nitrogens with two attached hydrogens (primary N) is 1. The molecule has 122 valence electrons. The summed E-state index contributed by atoms with van der Waals surface area (Å²) in [7, 11) is 0. The Kier molecular flexibility index (Phi) is 4.81. The van der Waals surface area contributed by atoms with Gasteiger partial charge in [0.1, 0.15) is 11.4 Å². The standard InChI is InChI=1S/C18H28N2O2/c1-6-15(19)13-8-11(3)17-14(9-13)16(20-12(4)21)10-18(5,7-2)22-17/h8-9,15-16H,6-7,10,19H2,1-5H3,(H,20,21). The normalized spacial score (nSPS) is 25.1. The van der Waals surface area contributed by atoms with Crippen molar-refractivity contribution in [2.75, 3.05) is 0 Å². The Labute approximate surface area is 133 Å². The molecule has 0 fully saturated rings. The van der Waals surface area contributed by atoms with E-state index in [1.54, 1.807) is 6.92 Å². The lowest BCUT2D eigenvalue weighted by molar-refractivity contribution is -0.120. The number of nitrogens with one attached hydrogen (secondary N) is 1. The van der Waals surface area contributed by atoms with Crippen LogP contribution in [-0.2, 0) is 4.79 Å². The monoisotopic (exact) mass is 304 g/mol. The summed E-state index contributed by atoms with van der Waals surface area (Å²) in [4.78, 5) is 11.6. The summed E-state index contributed by atoms with van der Waals surface area (Å²) in [6.07, 6.45) is 2.56. The highest BCUT2D eigenvalue weighted by molar-refractivity contribution is 5.73. The van der Waals surface area contributed by atoms with E-state index in [0.29, 0.717) is 0 Å². The first kappa shape index (κ1) is 16.8. The van der Waals surface area contributed by atoms with Crippen LogP contribution in [0.25, 0.3) is 0 Å². The Morgan fingerprint density at radius 3 is 2.73 bits per heavy atom. The molecule has 0 radical (unpaired) electrons. The van der Waals surface area contributed by atoms with Crippen LogP contribution in [0.2, 0.25) is 0 Å². The number of fused-ring (bicyclic) bond motifs is 1. The maximum absolute atomic E-state index is 11.6. The van der Waals surface area contributed by atoms with Gasteiger partial charge in [-0.3, -0.25) is 4.79 Å². The second-order valence-electron chi connectivity index (χ2n) is 6.63. The van der Waals surface area contributed by atoms with Gasteiger partial charge in [0.15, 0.2) is 0 Å². The van der Waals surface area contributed by atoms with Gasteiger partial charge >= 0.3 is 0 Å².